The molecule has 1 aromatic rings. The van der Waals surface area contributed by atoms with Crippen molar-refractivity contribution in [2.45, 2.75) is 18.9 Å². The highest BCUT2D eigenvalue weighted by molar-refractivity contribution is 5.86. The Morgan fingerprint density at radius 2 is 1.84 bits per heavy atom. The van der Waals surface area contributed by atoms with E-state index >= 15 is 0 Å². The molecule has 2 aliphatic rings. The number of carbonyl (C=O) groups excluding carboxylic acids is 1. The lowest BCUT2D eigenvalue weighted by Crippen LogP contribution is -2.52. The summed E-state index contributed by atoms with van der Waals surface area (Å²) in [5.74, 6) is 0.308. The third kappa shape index (κ3) is 2.59. The van der Waals surface area contributed by atoms with Gasteiger partial charge in [0.15, 0.2) is 0 Å². The number of carbonyl (C=O) groups is 1. The maximum absolute atomic E-state index is 12.6. The molecule has 1 unspecified atom stereocenters. The van der Waals surface area contributed by atoms with E-state index in [9.17, 15) is 4.79 Å². The van der Waals surface area contributed by atoms with Crippen molar-refractivity contribution in [2.24, 2.45) is 0 Å². The fourth-order valence-electron chi connectivity index (χ4n) is 3.05. The van der Waals surface area contributed by atoms with Crippen molar-refractivity contribution >= 4 is 11.6 Å². The van der Waals surface area contributed by atoms with E-state index in [1.54, 1.807) is 0 Å². The molecule has 0 spiro atoms. The third-order valence-corrected chi connectivity index (χ3v) is 4.05. The lowest BCUT2D eigenvalue weighted by atomic mass is 10.1. The van der Waals surface area contributed by atoms with Crippen LogP contribution in [0.5, 0.6) is 0 Å². The first-order valence-electron chi connectivity index (χ1n) is 7.17. The molecule has 4 heteroatoms. The molecule has 0 bridgehead atoms. The van der Waals surface area contributed by atoms with Gasteiger partial charge in [-0.25, -0.2) is 0 Å². The van der Waals surface area contributed by atoms with E-state index < -0.39 is 0 Å². The van der Waals surface area contributed by atoms with Gasteiger partial charge in [-0.15, -0.1) is 0 Å². The minimum atomic E-state index is 0.0421. The maximum Gasteiger partial charge on any atom is 0.245 e. The van der Waals surface area contributed by atoms with Crippen molar-refractivity contribution in [1.82, 2.24) is 10.2 Å². The van der Waals surface area contributed by atoms with E-state index in [2.05, 4.69) is 22.3 Å². The quantitative estimate of drug-likeness (QED) is 0.863. The highest BCUT2D eigenvalue weighted by atomic mass is 16.2. The Bertz CT molecular complexity index is 428. The Kier molecular flexibility index (Phi) is 3.69. The SMILES string of the molecule is O=C(C1CCCN1c1ccccc1)N1CCNCC1. The molecule has 1 N–H and O–H groups in total. The van der Waals surface area contributed by atoms with Crippen LogP contribution in [-0.2, 0) is 4.79 Å². The van der Waals surface area contributed by atoms with Crippen LogP contribution in [0.25, 0.3) is 0 Å². The van der Waals surface area contributed by atoms with E-state index in [1.165, 1.54) is 5.69 Å². The van der Waals surface area contributed by atoms with E-state index in [0.717, 1.165) is 45.6 Å². The number of piperazine rings is 1. The predicted molar refractivity (Wildman–Crippen MR) is 76.3 cm³/mol. The van der Waals surface area contributed by atoms with Crippen LogP contribution in [0.15, 0.2) is 30.3 Å². The van der Waals surface area contributed by atoms with Gasteiger partial charge in [-0.2, -0.15) is 0 Å². The average Bonchev–Trinajstić information content (AvgIpc) is 2.98. The number of benzene rings is 1. The van der Waals surface area contributed by atoms with Gasteiger partial charge < -0.3 is 15.1 Å². The fourth-order valence-corrected chi connectivity index (χ4v) is 3.05. The van der Waals surface area contributed by atoms with Crippen molar-refractivity contribution < 1.29 is 4.79 Å². The van der Waals surface area contributed by atoms with Crippen molar-refractivity contribution in [3.63, 3.8) is 0 Å². The summed E-state index contributed by atoms with van der Waals surface area (Å²) in [6, 6.07) is 10.3. The van der Waals surface area contributed by atoms with Crippen LogP contribution < -0.4 is 10.2 Å². The molecule has 4 nitrogen and oxygen atoms in total. The normalized spacial score (nSPS) is 23.7. The number of hydrogen-bond acceptors (Lipinski definition) is 3. The standard InChI is InChI=1S/C15H21N3O/c19-15(17-11-8-16-9-12-17)14-7-4-10-18(14)13-5-2-1-3-6-13/h1-3,5-6,14,16H,4,7-12H2. The van der Waals surface area contributed by atoms with Crippen molar-refractivity contribution in [3.8, 4) is 0 Å². The van der Waals surface area contributed by atoms with Crippen LogP contribution in [-0.4, -0.2) is 49.6 Å². The number of rotatable bonds is 2. The highest BCUT2D eigenvalue weighted by Gasteiger charge is 2.34. The molecule has 3 rings (SSSR count). The van der Waals surface area contributed by atoms with Gasteiger partial charge in [-0.1, -0.05) is 18.2 Å². The molecular formula is C15H21N3O. The molecule has 0 aromatic heterocycles. The summed E-state index contributed by atoms with van der Waals surface area (Å²) in [7, 11) is 0. The van der Waals surface area contributed by atoms with Crippen LogP contribution in [0.3, 0.4) is 0 Å². The summed E-state index contributed by atoms with van der Waals surface area (Å²) in [5, 5.41) is 3.30. The second-order valence-corrected chi connectivity index (χ2v) is 5.26. The number of para-hydroxylation sites is 1. The topological polar surface area (TPSA) is 35.6 Å². The van der Waals surface area contributed by atoms with Gasteiger partial charge in [0.05, 0.1) is 0 Å². The van der Waals surface area contributed by atoms with E-state index in [4.69, 9.17) is 0 Å². The Morgan fingerprint density at radius 3 is 2.58 bits per heavy atom. The lowest BCUT2D eigenvalue weighted by molar-refractivity contribution is -0.132. The molecule has 19 heavy (non-hydrogen) atoms. The summed E-state index contributed by atoms with van der Waals surface area (Å²) in [4.78, 5) is 16.9. The molecule has 2 fully saturated rings. The maximum atomic E-state index is 12.6. The zero-order chi connectivity index (χ0) is 13.1. The second kappa shape index (κ2) is 5.61. The molecule has 0 saturated carbocycles. The van der Waals surface area contributed by atoms with Crippen molar-refractivity contribution in [3.05, 3.63) is 30.3 Å². The highest BCUT2D eigenvalue weighted by Crippen LogP contribution is 2.26. The molecule has 1 aromatic carbocycles. The first-order valence-corrected chi connectivity index (χ1v) is 7.17. The van der Waals surface area contributed by atoms with Crippen LogP contribution in [0.4, 0.5) is 5.69 Å². The van der Waals surface area contributed by atoms with Gasteiger partial charge >= 0.3 is 0 Å². The summed E-state index contributed by atoms with van der Waals surface area (Å²) in [6.45, 7) is 4.52. The molecule has 1 amide bonds. The minimum absolute atomic E-state index is 0.0421. The Labute approximate surface area is 114 Å². The van der Waals surface area contributed by atoms with Gasteiger partial charge in [0.1, 0.15) is 6.04 Å². The fraction of sp³-hybridized carbons (Fsp3) is 0.533. The molecule has 2 aliphatic heterocycles. The van der Waals surface area contributed by atoms with Gasteiger partial charge in [-0.05, 0) is 25.0 Å². The smallest absolute Gasteiger partial charge is 0.245 e. The molecule has 2 saturated heterocycles. The first-order chi connectivity index (χ1) is 9.36. The van der Waals surface area contributed by atoms with Gasteiger partial charge in [0, 0.05) is 38.4 Å². The summed E-state index contributed by atoms with van der Waals surface area (Å²) >= 11 is 0. The molecule has 1 atom stereocenters. The predicted octanol–water partition coefficient (Wildman–Crippen LogP) is 1.09. The number of amides is 1. The van der Waals surface area contributed by atoms with Crippen LogP contribution in [0.1, 0.15) is 12.8 Å². The van der Waals surface area contributed by atoms with Gasteiger partial charge in [0.25, 0.3) is 0 Å². The number of hydrogen-bond donors (Lipinski definition) is 1. The van der Waals surface area contributed by atoms with E-state index in [-0.39, 0.29) is 6.04 Å². The summed E-state index contributed by atoms with van der Waals surface area (Å²) < 4.78 is 0. The molecule has 0 radical (unpaired) electrons. The van der Waals surface area contributed by atoms with Gasteiger partial charge in [-0.3, -0.25) is 4.79 Å². The first kappa shape index (κ1) is 12.5. The zero-order valence-electron chi connectivity index (χ0n) is 11.2. The average molecular weight is 259 g/mol. The largest absolute Gasteiger partial charge is 0.360 e. The van der Waals surface area contributed by atoms with E-state index in [1.807, 2.05) is 23.1 Å². The molecule has 0 aliphatic carbocycles. The Morgan fingerprint density at radius 1 is 1.11 bits per heavy atom. The molecular weight excluding hydrogens is 238 g/mol. The Balaban J connectivity index is 1.74. The second-order valence-electron chi connectivity index (χ2n) is 5.26. The van der Waals surface area contributed by atoms with Crippen molar-refractivity contribution in [1.29, 1.82) is 0 Å². The lowest BCUT2D eigenvalue weighted by Gasteiger charge is -2.33. The van der Waals surface area contributed by atoms with Crippen molar-refractivity contribution in [2.75, 3.05) is 37.6 Å². The Hall–Kier alpha value is -1.55. The summed E-state index contributed by atoms with van der Waals surface area (Å²) in [6.07, 6.45) is 2.09. The molecule has 102 valence electrons. The number of nitrogens with zero attached hydrogens (tertiary/aromatic N) is 2. The third-order valence-electron chi connectivity index (χ3n) is 4.05. The summed E-state index contributed by atoms with van der Waals surface area (Å²) in [5.41, 5.74) is 1.17. The van der Waals surface area contributed by atoms with Gasteiger partial charge in [0.2, 0.25) is 5.91 Å². The van der Waals surface area contributed by atoms with Crippen LogP contribution in [0.2, 0.25) is 0 Å². The van der Waals surface area contributed by atoms with E-state index in [0.29, 0.717) is 5.91 Å². The number of anilines is 1. The zero-order valence-corrected chi connectivity index (χ0v) is 11.2. The van der Waals surface area contributed by atoms with Crippen LogP contribution in [0, 0.1) is 0 Å². The minimum Gasteiger partial charge on any atom is -0.360 e. The number of nitrogens with one attached hydrogen (secondary N) is 1. The monoisotopic (exact) mass is 259 g/mol. The molecule has 2 heterocycles. The van der Waals surface area contributed by atoms with Crippen LogP contribution >= 0.6 is 0 Å².